The summed E-state index contributed by atoms with van der Waals surface area (Å²) in [6, 6.07) is 7.48. The Balaban J connectivity index is 2.44. The predicted molar refractivity (Wildman–Crippen MR) is 73.0 cm³/mol. The summed E-state index contributed by atoms with van der Waals surface area (Å²) >= 11 is 0. The summed E-state index contributed by atoms with van der Waals surface area (Å²) in [6.07, 6.45) is 0. The lowest BCUT2D eigenvalue weighted by molar-refractivity contribution is 0.0920. The highest BCUT2D eigenvalue weighted by Crippen LogP contribution is 2.12. The molecule has 0 aliphatic rings. The van der Waals surface area contributed by atoms with Crippen LogP contribution in [0.1, 0.15) is 10.4 Å². The van der Waals surface area contributed by atoms with Gasteiger partial charge in [0.25, 0.3) is 5.91 Å². The number of anilines is 1. The van der Waals surface area contributed by atoms with Crippen LogP contribution in [0.4, 0.5) is 5.69 Å². The molecule has 0 heterocycles. The van der Waals surface area contributed by atoms with Crippen molar-refractivity contribution < 1.29 is 9.53 Å². The molecular weight excluding hydrogens is 230 g/mol. The topological polar surface area (TPSA) is 67.6 Å². The van der Waals surface area contributed by atoms with E-state index in [4.69, 9.17) is 10.5 Å². The van der Waals surface area contributed by atoms with Gasteiger partial charge in [-0.25, -0.2) is 0 Å². The number of carbonyl (C=O) groups excluding carboxylic acids is 1. The van der Waals surface area contributed by atoms with Crippen LogP contribution in [0.3, 0.4) is 0 Å². The molecule has 0 aliphatic heterocycles. The second-order valence-electron chi connectivity index (χ2n) is 4.10. The summed E-state index contributed by atoms with van der Waals surface area (Å²) in [6.45, 7) is 1.99. The molecule has 5 heteroatoms. The minimum absolute atomic E-state index is 0.0879. The average molecular weight is 251 g/mol. The molecule has 0 saturated carbocycles. The van der Waals surface area contributed by atoms with Gasteiger partial charge in [-0.1, -0.05) is 6.07 Å². The van der Waals surface area contributed by atoms with Crippen LogP contribution in [-0.4, -0.2) is 46.3 Å². The van der Waals surface area contributed by atoms with Crippen molar-refractivity contribution in [2.45, 2.75) is 0 Å². The first-order valence-corrected chi connectivity index (χ1v) is 5.98. The standard InChI is InChI=1S/C13H21N3O2/c1-16(2)12-5-3-4-11(10-12)13(17)15-7-9-18-8-6-14/h3-5,10H,6-9,14H2,1-2H3,(H,15,17). The normalized spacial score (nSPS) is 10.2. The highest BCUT2D eigenvalue weighted by atomic mass is 16.5. The van der Waals surface area contributed by atoms with Crippen molar-refractivity contribution in [2.75, 3.05) is 45.3 Å². The summed E-state index contributed by atoms with van der Waals surface area (Å²) in [4.78, 5) is 13.8. The second-order valence-corrected chi connectivity index (χ2v) is 4.10. The van der Waals surface area contributed by atoms with Crippen LogP contribution in [0.25, 0.3) is 0 Å². The minimum Gasteiger partial charge on any atom is -0.378 e. The lowest BCUT2D eigenvalue weighted by Gasteiger charge is -2.13. The van der Waals surface area contributed by atoms with Crippen molar-refractivity contribution >= 4 is 11.6 Å². The van der Waals surface area contributed by atoms with E-state index in [9.17, 15) is 4.79 Å². The molecule has 1 aromatic carbocycles. The third-order valence-electron chi connectivity index (χ3n) is 2.42. The van der Waals surface area contributed by atoms with Gasteiger partial charge >= 0.3 is 0 Å². The fraction of sp³-hybridized carbons (Fsp3) is 0.462. The van der Waals surface area contributed by atoms with Crippen LogP contribution in [0.2, 0.25) is 0 Å². The van der Waals surface area contributed by atoms with Gasteiger partial charge in [-0.05, 0) is 18.2 Å². The van der Waals surface area contributed by atoms with Crippen molar-refractivity contribution in [3.8, 4) is 0 Å². The van der Waals surface area contributed by atoms with Gasteiger partial charge in [-0.2, -0.15) is 0 Å². The van der Waals surface area contributed by atoms with Crippen molar-refractivity contribution in [3.05, 3.63) is 29.8 Å². The Morgan fingerprint density at radius 2 is 2.17 bits per heavy atom. The second kappa shape index (κ2) is 7.68. The van der Waals surface area contributed by atoms with Crippen molar-refractivity contribution in [1.82, 2.24) is 5.32 Å². The van der Waals surface area contributed by atoms with Gasteiger partial charge in [0, 0.05) is 38.4 Å². The van der Waals surface area contributed by atoms with E-state index in [2.05, 4.69) is 5.32 Å². The molecule has 1 rings (SSSR count). The molecule has 0 aliphatic carbocycles. The maximum Gasteiger partial charge on any atom is 0.251 e. The van der Waals surface area contributed by atoms with E-state index in [1.165, 1.54) is 0 Å². The molecule has 0 atom stereocenters. The molecule has 5 nitrogen and oxygen atoms in total. The van der Waals surface area contributed by atoms with E-state index in [0.717, 1.165) is 5.69 Å². The number of ether oxygens (including phenoxy) is 1. The molecular formula is C13H21N3O2. The fourth-order valence-electron chi connectivity index (χ4n) is 1.45. The van der Waals surface area contributed by atoms with Crippen LogP contribution in [0.5, 0.6) is 0 Å². The van der Waals surface area contributed by atoms with E-state index >= 15 is 0 Å². The van der Waals surface area contributed by atoms with Gasteiger partial charge in [0.15, 0.2) is 0 Å². The summed E-state index contributed by atoms with van der Waals surface area (Å²) in [5, 5.41) is 2.80. The Hall–Kier alpha value is -1.59. The number of carbonyl (C=O) groups is 1. The largest absolute Gasteiger partial charge is 0.378 e. The molecule has 0 radical (unpaired) electrons. The SMILES string of the molecule is CN(C)c1cccc(C(=O)NCCOCCN)c1. The first-order chi connectivity index (χ1) is 8.65. The third kappa shape index (κ3) is 4.73. The summed E-state index contributed by atoms with van der Waals surface area (Å²) in [5.41, 5.74) is 6.94. The summed E-state index contributed by atoms with van der Waals surface area (Å²) < 4.78 is 5.18. The number of nitrogens with two attached hydrogens (primary N) is 1. The molecule has 1 aromatic rings. The number of rotatable bonds is 7. The zero-order valence-electron chi connectivity index (χ0n) is 11.0. The van der Waals surface area contributed by atoms with Crippen LogP contribution in [0, 0.1) is 0 Å². The van der Waals surface area contributed by atoms with Gasteiger partial charge in [0.1, 0.15) is 0 Å². The molecule has 1 amide bonds. The Morgan fingerprint density at radius 3 is 2.83 bits per heavy atom. The van der Waals surface area contributed by atoms with E-state index in [1.54, 1.807) is 6.07 Å². The highest BCUT2D eigenvalue weighted by molar-refractivity contribution is 5.95. The molecule has 18 heavy (non-hydrogen) atoms. The van der Waals surface area contributed by atoms with Gasteiger partial charge in [0.05, 0.1) is 13.2 Å². The lowest BCUT2D eigenvalue weighted by Crippen LogP contribution is -2.28. The van der Waals surface area contributed by atoms with E-state index in [-0.39, 0.29) is 5.91 Å². The number of hydrogen-bond donors (Lipinski definition) is 2. The fourth-order valence-corrected chi connectivity index (χ4v) is 1.45. The van der Waals surface area contributed by atoms with Crippen LogP contribution < -0.4 is 16.0 Å². The number of nitrogens with one attached hydrogen (secondary N) is 1. The van der Waals surface area contributed by atoms with E-state index < -0.39 is 0 Å². The van der Waals surface area contributed by atoms with Crippen molar-refractivity contribution in [1.29, 1.82) is 0 Å². The molecule has 0 unspecified atom stereocenters. The van der Waals surface area contributed by atoms with Crippen LogP contribution in [0.15, 0.2) is 24.3 Å². The Labute approximate surface area is 108 Å². The number of nitrogens with zero attached hydrogens (tertiary/aromatic N) is 1. The maximum absolute atomic E-state index is 11.8. The predicted octanol–water partition coefficient (Wildman–Crippen LogP) is 0.458. The van der Waals surface area contributed by atoms with Gasteiger partial charge in [0.2, 0.25) is 0 Å². The lowest BCUT2D eigenvalue weighted by atomic mass is 10.2. The smallest absolute Gasteiger partial charge is 0.251 e. The minimum atomic E-state index is -0.0879. The van der Waals surface area contributed by atoms with Crippen molar-refractivity contribution in [2.24, 2.45) is 5.73 Å². The van der Waals surface area contributed by atoms with Gasteiger partial charge in [-0.3, -0.25) is 4.79 Å². The third-order valence-corrected chi connectivity index (χ3v) is 2.42. The summed E-state index contributed by atoms with van der Waals surface area (Å²) in [5.74, 6) is -0.0879. The number of hydrogen-bond acceptors (Lipinski definition) is 4. The first kappa shape index (κ1) is 14.5. The molecule has 100 valence electrons. The van der Waals surface area contributed by atoms with E-state index in [0.29, 0.717) is 31.9 Å². The maximum atomic E-state index is 11.8. The molecule has 3 N–H and O–H groups in total. The quantitative estimate of drug-likeness (QED) is 0.691. The Morgan fingerprint density at radius 1 is 1.39 bits per heavy atom. The zero-order chi connectivity index (χ0) is 13.4. The van der Waals surface area contributed by atoms with Crippen molar-refractivity contribution in [3.63, 3.8) is 0 Å². The monoisotopic (exact) mass is 251 g/mol. The van der Waals surface area contributed by atoms with Gasteiger partial charge < -0.3 is 20.7 Å². The Bertz CT molecular complexity index is 380. The highest BCUT2D eigenvalue weighted by Gasteiger charge is 2.06. The molecule has 0 spiro atoms. The average Bonchev–Trinajstić information content (AvgIpc) is 2.38. The number of benzene rings is 1. The summed E-state index contributed by atoms with van der Waals surface area (Å²) in [7, 11) is 3.88. The molecule has 0 bridgehead atoms. The van der Waals surface area contributed by atoms with Crippen LogP contribution in [-0.2, 0) is 4.74 Å². The molecule has 0 fully saturated rings. The van der Waals surface area contributed by atoms with Crippen LogP contribution >= 0.6 is 0 Å². The first-order valence-electron chi connectivity index (χ1n) is 5.98. The van der Waals surface area contributed by atoms with E-state index in [1.807, 2.05) is 37.2 Å². The molecule has 0 aromatic heterocycles. The van der Waals surface area contributed by atoms with Gasteiger partial charge in [-0.15, -0.1) is 0 Å². The zero-order valence-corrected chi connectivity index (χ0v) is 11.0. The molecule has 0 saturated heterocycles. The number of amides is 1. The Kier molecular flexibility index (Phi) is 6.18.